The molecule has 3 fully saturated rings. The molecule has 216 valence electrons. The number of aliphatic hydroxyl groups is 1. The molecule has 0 radical (unpaired) electrons. The van der Waals surface area contributed by atoms with Crippen molar-refractivity contribution in [3.63, 3.8) is 0 Å². The average Bonchev–Trinajstić information content (AvgIpc) is 3.60. The molecule has 2 aliphatic heterocycles. The van der Waals surface area contributed by atoms with Crippen LogP contribution in [-0.2, 0) is 24.6 Å². The first-order chi connectivity index (χ1) is 19.1. The Morgan fingerprint density at radius 1 is 1.15 bits per heavy atom. The van der Waals surface area contributed by atoms with Crippen LogP contribution in [0.25, 0.3) is 11.0 Å². The van der Waals surface area contributed by atoms with E-state index in [0.717, 1.165) is 6.42 Å². The predicted molar refractivity (Wildman–Crippen MR) is 145 cm³/mol. The highest BCUT2D eigenvalue weighted by atomic mass is 32.2. The maximum atomic E-state index is 13.2. The number of piperidine rings is 1. The minimum absolute atomic E-state index is 0.0185. The number of hydrogen-bond donors (Lipinski definition) is 3. The smallest absolute Gasteiger partial charge is 0.244 e. The fraction of sp³-hybridized carbons (Fsp3) is 0.538. The van der Waals surface area contributed by atoms with E-state index in [9.17, 15) is 21.9 Å². The van der Waals surface area contributed by atoms with Crippen molar-refractivity contribution in [3.05, 3.63) is 42.7 Å². The zero-order chi connectivity index (χ0) is 28.0. The number of sulfonamides is 1. The van der Waals surface area contributed by atoms with Gasteiger partial charge in [-0.1, -0.05) is 6.07 Å². The topological polar surface area (TPSA) is 164 Å². The summed E-state index contributed by atoms with van der Waals surface area (Å²) in [7, 11) is -6.99. The van der Waals surface area contributed by atoms with Gasteiger partial charge in [-0.2, -0.15) is 9.40 Å². The van der Waals surface area contributed by atoms with Crippen molar-refractivity contribution in [3.8, 4) is 5.75 Å². The van der Waals surface area contributed by atoms with Crippen LogP contribution in [0.3, 0.4) is 0 Å². The lowest BCUT2D eigenvalue weighted by Gasteiger charge is -2.38. The highest BCUT2D eigenvalue weighted by Gasteiger charge is 2.45. The minimum Gasteiger partial charge on any atom is -0.491 e. The van der Waals surface area contributed by atoms with E-state index in [1.165, 1.54) is 16.6 Å². The molecule has 2 atom stereocenters. The monoisotopic (exact) mass is 591 g/mol. The molecule has 3 aliphatic rings. The summed E-state index contributed by atoms with van der Waals surface area (Å²) in [6, 6.07) is 8.00. The molecular weight excluding hydrogens is 558 g/mol. The van der Waals surface area contributed by atoms with E-state index in [4.69, 9.17) is 9.47 Å². The molecule has 0 unspecified atom stereocenters. The number of aromatic amines is 1. The van der Waals surface area contributed by atoms with Crippen LogP contribution in [0, 0.1) is 0 Å². The van der Waals surface area contributed by atoms with Gasteiger partial charge in [-0.3, -0.25) is 10.1 Å². The van der Waals surface area contributed by atoms with E-state index in [0.29, 0.717) is 62.2 Å². The Labute approximate surface area is 233 Å². The van der Waals surface area contributed by atoms with Crippen LogP contribution >= 0.6 is 0 Å². The molecule has 6 rings (SSSR count). The molecule has 4 heterocycles. The molecule has 0 amide bonds. The summed E-state index contributed by atoms with van der Waals surface area (Å²) >= 11 is 0. The summed E-state index contributed by atoms with van der Waals surface area (Å²) in [5, 5.41) is 20.2. The first-order valence-electron chi connectivity index (χ1n) is 13.5. The van der Waals surface area contributed by atoms with Gasteiger partial charge in [0.05, 0.1) is 34.1 Å². The van der Waals surface area contributed by atoms with Gasteiger partial charge in [0.25, 0.3) is 0 Å². The molecule has 1 aliphatic carbocycles. The number of sulfone groups is 1. The second-order valence-electron chi connectivity index (χ2n) is 10.9. The average molecular weight is 592 g/mol. The van der Waals surface area contributed by atoms with Gasteiger partial charge in [-0.05, 0) is 56.4 Å². The largest absolute Gasteiger partial charge is 0.491 e. The molecule has 3 N–H and O–H groups in total. The Kier molecular flexibility index (Phi) is 7.34. The number of nitrogens with zero attached hydrogens (tertiary/aromatic N) is 3. The highest BCUT2D eigenvalue weighted by Crippen LogP contribution is 2.38. The Morgan fingerprint density at radius 2 is 1.95 bits per heavy atom. The Morgan fingerprint density at radius 3 is 2.73 bits per heavy atom. The van der Waals surface area contributed by atoms with Crippen LogP contribution < -0.4 is 10.1 Å². The molecule has 0 bridgehead atoms. The van der Waals surface area contributed by atoms with Crippen LogP contribution in [-0.4, -0.2) is 97.3 Å². The van der Waals surface area contributed by atoms with Crippen LogP contribution in [0.5, 0.6) is 5.75 Å². The Bertz CT molecular complexity index is 1580. The maximum Gasteiger partial charge on any atom is 0.244 e. The third kappa shape index (κ3) is 5.60. The fourth-order valence-electron chi connectivity index (χ4n) is 5.43. The molecule has 1 saturated carbocycles. The van der Waals surface area contributed by atoms with Crippen molar-refractivity contribution in [2.75, 3.05) is 32.8 Å². The summed E-state index contributed by atoms with van der Waals surface area (Å²) < 4.78 is 64.6. The summed E-state index contributed by atoms with van der Waals surface area (Å²) in [6.07, 6.45) is 5.39. The quantitative estimate of drug-likeness (QED) is 0.312. The van der Waals surface area contributed by atoms with Gasteiger partial charge in [0.15, 0.2) is 9.84 Å². The fourth-order valence-corrected chi connectivity index (χ4v) is 8.53. The van der Waals surface area contributed by atoms with Crippen LogP contribution in [0.2, 0.25) is 0 Å². The molecule has 12 nitrogen and oxygen atoms in total. The summed E-state index contributed by atoms with van der Waals surface area (Å²) in [4.78, 5) is 4.58. The number of ether oxygens (including phenoxy) is 2. The zero-order valence-electron chi connectivity index (χ0n) is 21.9. The van der Waals surface area contributed by atoms with Crippen molar-refractivity contribution in [2.45, 2.75) is 64.9 Å². The van der Waals surface area contributed by atoms with E-state index in [-0.39, 0.29) is 34.2 Å². The van der Waals surface area contributed by atoms with Gasteiger partial charge in [0.2, 0.25) is 10.0 Å². The van der Waals surface area contributed by atoms with E-state index < -0.39 is 31.6 Å². The molecule has 40 heavy (non-hydrogen) atoms. The van der Waals surface area contributed by atoms with E-state index in [1.807, 2.05) is 0 Å². The van der Waals surface area contributed by atoms with Crippen molar-refractivity contribution < 1.29 is 31.4 Å². The number of rotatable bonds is 10. The van der Waals surface area contributed by atoms with Gasteiger partial charge in [-0.15, -0.1) is 0 Å². The van der Waals surface area contributed by atoms with Crippen molar-refractivity contribution in [1.29, 1.82) is 0 Å². The molecule has 2 aromatic heterocycles. The lowest BCUT2D eigenvalue weighted by molar-refractivity contribution is -0.0312. The first kappa shape index (κ1) is 27.5. The summed E-state index contributed by atoms with van der Waals surface area (Å²) in [5.41, 5.74) is 0.786. The first-order valence-corrected chi connectivity index (χ1v) is 16.4. The van der Waals surface area contributed by atoms with Crippen molar-refractivity contribution in [2.24, 2.45) is 0 Å². The third-order valence-electron chi connectivity index (χ3n) is 7.93. The number of fused-ring (bicyclic) bond motifs is 1. The Balaban J connectivity index is 0.965. The van der Waals surface area contributed by atoms with Gasteiger partial charge in [0.1, 0.15) is 28.9 Å². The molecular formula is C26H33N5O7S2. The second kappa shape index (κ2) is 10.7. The zero-order valence-corrected chi connectivity index (χ0v) is 23.5. The van der Waals surface area contributed by atoms with E-state index in [2.05, 4.69) is 20.5 Å². The second-order valence-corrected chi connectivity index (χ2v) is 15.0. The molecule has 14 heteroatoms. The molecule has 2 saturated heterocycles. The number of nitrogens with one attached hydrogen (secondary N) is 2. The number of H-pyrrole nitrogens is 1. The standard InChI is InChI=1S/C26H33N5O7S2/c32-19(17-37-20-2-1-3-22(10-20)39(33,34)21-4-5-21)13-27-18-12-26(38-16-18)6-8-31(9-7-26)40(35,36)23-11-24-25(28-14-23)15-29-30-24/h1-3,10-11,14-15,18-19,21,27,32H,4-9,12-13,16-17H2,(H,29,30)/t18-,19+/m1/s1. The van der Waals surface area contributed by atoms with Gasteiger partial charge < -0.3 is 19.9 Å². The van der Waals surface area contributed by atoms with Crippen molar-refractivity contribution in [1.82, 2.24) is 24.8 Å². The summed E-state index contributed by atoms with van der Waals surface area (Å²) in [6.45, 7) is 1.48. The Hall–Kier alpha value is -2.62. The normalized spacial score (nSPS) is 22.6. The van der Waals surface area contributed by atoms with Gasteiger partial charge in [-0.25, -0.2) is 16.8 Å². The van der Waals surface area contributed by atoms with Gasteiger partial charge in [0, 0.05) is 31.9 Å². The molecule has 1 spiro atoms. The molecule has 1 aromatic carbocycles. The van der Waals surface area contributed by atoms with Crippen LogP contribution in [0.1, 0.15) is 32.1 Å². The number of benzene rings is 1. The van der Waals surface area contributed by atoms with Crippen LogP contribution in [0.4, 0.5) is 0 Å². The number of aromatic nitrogens is 3. The molecule has 3 aromatic rings. The third-order valence-corrected chi connectivity index (χ3v) is 12.1. The summed E-state index contributed by atoms with van der Waals surface area (Å²) in [5.74, 6) is 0.408. The lowest BCUT2D eigenvalue weighted by Crippen LogP contribution is -2.47. The van der Waals surface area contributed by atoms with Crippen LogP contribution in [0.15, 0.2) is 52.5 Å². The number of hydrogen-bond acceptors (Lipinski definition) is 10. The van der Waals surface area contributed by atoms with E-state index in [1.54, 1.807) is 30.5 Å². The van der Waals surface area contributed by atoms with Gasteiger partial charge >= 0.3 is 0 Å². The number of aliphatic hydroxyl groups excluding tert-OH is 1. The van der Waals surface area contributed by atoms with Crippen molar-refractivity contribution >= 4 is 30.9 Å². The minimum atomic E-state index is -3.68. The SMILES string of the molecule is O=S(=O)(c1cccc(OC[C@@H](O)CN[C@H]2COC3(CCN(S(=O)(=O)c4cnc5cn[nH]c5c4)CC3)C2)c1)C1CC1. The van der Waals surface area contributed by atoms with E-state index >= 15 is 0 Å². The highest BCUT2D eigenvalue weighted by molar-refractivity contribution is 7.92. The lowest BCUT2D eigenvalue weighted by atomic mass is 9.88. The predicted octanol–water partition coefficient (Wildman–Crippen LogP) is 1.24. The maximum absolute atomic E-state index is 13.2. The number of pyridine rings is 1.